The third-order valence-electron chi connectivity index (χ3n) is 3.88. The summed E-state index contributed by atoms with van der Waals surface area (Å²) in [5.74, 6) is -1.17. The number of nitrogens with zero attached hydrogens (tertiary/aromatic N) is 1. The zero-order valence-electron chi connectivity index (χ0n) is 17.5. The van der Waals surface area contributed by atoms with Gasteiger partial charge < -0.3 is 19.9 Å². The Kier molecular flexibility index (Phi) is 7.35. The summed E-state index contributed by atoms with van der Waals surface area (Å²) in [6.45, 7) is 5.02. The van der Waals surface area contributed by atoms with Crippen LogP contribution in [0.3, 0.4) is 0 Å². The molecule has 31 heavy (non-hydrogen) atoms. The number of aromatic nitrogens is 2. The summed E-state index contributed by atoms with van der Waals surface area (Å²) in [6, 6.07) is 6.68. The van der Waals surface area contributed by atoms with Crippen molar-refractivity contribution >= 4 is 23.8 Å². The molecule has 1 unspecified atom stereocenters. The molecule has 166 valence electrons. The average molecular weight is 432 g/mol. The van der Waals surface area contributed by atoms with Crippen LogP contribution in [-0.4, -0.2) is 46.2 Å². The number of rotatable bonds is 6. The van der Waals surface area contributed by atoms with Gasteiger partial charge in [-0.3, -0.25) is 14.9 Å². The van der Waals surface area contributed by atoms with E-state index in [1.807, 2.05) is 0 Å². The lowest BCUT2D eigenvalue weighted by Crippen LogP contribution is -2.36. The molecule has 2 amide bonds. The second-order valence-electron chi connectivity index (χ2n) is 7.53. The first-order chi connectivity index (χ1) is 14.5. The summed E-state index contributed by atoms with van der Waals surface area (Å²) >= 11 is 0. The first kappa shape index (κ1) is 23.4. The van der Waals surface area contributed by atoms with Gasteiger partial charge in [0.15, 0.2) is 0 Å². The number of benzene rings is 1. The molecule has 11 heteroatoms. The van der Waals surface area contributed by atoms with Gasteiger partial charge in [0, 0.05) is 5.69 Å². The van der Waals surface area contributed by atoms with E-state index >= 15 is 0 Å². The van der Waals surface area contributed by atoms with Gasteiger partial charge in [0.2, 0.25) is 0 Å². The molecule has 1 atom stereocenters. The van der Waals surface area contributed by atoms with E-state index in [-0.39, 0.29) is 11.3 Å². The third-order valence-corrected chi connectivity index (χ3v) is 3.88. The Morgan fingerprint density at radius 2 is 1.81 bits per heavy atom. The van der Waals surface area contributed by atoms with Crippen LogP contribution in [0.15, 0.2) is 35.1 Å². The van der Waals surface area contributed by atoms with Gasteiger partial charge in [0.25, 0.3) is 5.56 Å². The highest BCUT2D eigenvalue weighted by Crippen LogP contribution is 2.22. The SMILES string of the molecule is COC(=O)Nc1ccc(-c2cc(C(CC(=O)O)NC(=O)OC(C)(C)C)n[nH]c2=O)cc1. The predicted octanol–water partition coefficient (Wildman–Crippen LogP) is 2.66. The minimum atomic E-state index is -1.17. The van der Waals surface area contributed by atoms with Crippen molar-refractivity contribution in [3.63, 3.8) is 0 Å². The number of carboxylic acids is 1. The van der Waals surface area contributed by atoms with Crippen molar-refractivity contribution in [3.8, 4) is 11.1 Å². The number of amides is 2. The van der Waals surface area contributed by atoms with Gasteiger partial charge in [0.05, 0.1) is 30.8 Å². The standard InChI is InChI=1S/C20H24N4O7/c1-20(2,3)31-19(29)22-14(10-16(25)26)15-9-13(17(27)24-23-15)11-5-7-12(8-6-11)21-18(28)30-4/h5-9,14H,10H2,1-4H3,(H,21,28)(H,22,29)(H,24,27)(H,25,26). The van der Waals surface area contributed by atoms with Crippen molar-refractivity contribution in [2.24, 2.45) is 0 Å². The number of aromatic amines is 1. The zero-order valence-corrected chi connectivity index (χ0v) is 17.5. The van der Waals surface area contributed by atoms with Gasteiger partial charge in [-0.25, -0.2) is 14.7 Å². The minimum Gasteiger partial charge on any atom is -0.481 e. The Balaban J connectivity index is 2.33. The molecule has 0 aliphatic rings. The number of methoxy groups -OCH3 is 1. The number of nitrogens with one attached hydrogen (secondary N) is 3. The fourth-order valence-electron chi connectivity index (χ4n) is 2.57. The molecule has 2 rings (SSSR count). The number of carboxylic acid groups (broad SMARTS) is 1. The third kappa shape index (κ3) is 7.14. The van der Waals surface area contributed by atoms with Gasteiger partial charge in [-0.05, 0) is 44.5 Å². The van der Waals surface area contributed by atoms with E-state index < -0.39 is 41.8 Å². The van der Waals surface area contributed by atoms with Gasteiger partial charge in [0.1, 0.15) is 5.60 Å². The summed E-state index contributed by atoms with van der Waals surface area (Å²) in [7, 11) is 1.24. The molecule has 1 aromatic heterocycles. The zero-order chi connectivity index (χ0) is 23.2. The second kappa shape index (κ2) is 9.74. The van der Waals surface area contributed by atoms with Gasteiger partial charge >= 0.3 is 18.2 Å². The number of aliphatic carboxylic acids is 1. The number of hydrogen-bond donors (Lipinski definition) is 4. The molecule has 0 fully saturated rings. The van der Waals surface area contributed by atoms with Crippen LogP contribution in [0.4, 0.5) is 15.3 Å². The van der Waals surface area contributed by atoms with Gasteiger partial charge in [-0.1, -0.05) is 12.1 Å². The topological polar surface area (TPSA) is 160 Å². The molecule has 0 aliphatic heterocycles. The molecule has 1 aromatic carbocycles. The number of H-pyrrole nitrogens is 1. The fourth-order valence-corrected chi connectivity index (χ4v) is 2.57. The summed E-state index contributed by atoms with van der Waals surface area (Å²) < 4.78 is 9.69. The Labute approximate surface area is 177 Å². The maximum absolute atomic E-state index is 12.3. The number of anilines is 1. The summed E-state index contributed by atoms with van der Waals surface area (Å²) in [5, 5.41) is 20.4. The fraction of sp³-hybridized carbons (Fsp3) is 0.350. The summed E-state index contributed by atoms with van der Waals surface area (Å²) in [5.41, 5.74) is 0.00392. The molecule has 4 N–H and O–H groups in total. The van der Waals surface area contributed by atoms with Crippen LogP contribution in [-0.2, 0) is 14.3 Å². The molecular weight excluding hydrogens is 408 g/mol. The van der Waals surface area contributed by atoms with Crippen LogP contribution in [0, 0.1) is 0 Å². The Morgan fingerprint density at radius 3 is 2.35 bits per heavy atom. The molecule has 0 radical (unpaired) electrons. The molecule has 1 heterocycles. The number of alkyl carbamates (subject to hydrolysis) is 1. The number of ether oxygens (including phenoxy) is 2. The van der Waals surface area contributed by atoms with Crippen molar-refractivity contribution < 1.29 is 29.0 Å². The maximum Gasteiger partial charge on any atom is 0.411 e. The van der Waals surface area contributed by atoms with Crippen molar-refractivity contribution in [1.29, 1.82) is 0 Å². The molecule has 0 spiro atoms. The van der Waals surface area contributed by atoms with Crippen molar-refractivity contribution in [1.82, 2.24) is 15.5 Å². The normalized spacial score (nSPS) is 11.9. The van der Waals surface area contributed by atoms with Crippen LogP contribution in [0.2, 0.25) is 0 Å². The quantitative estimate of drug-likeness (QED) is 0.542. The lowest BCUT2D eigenvalue weighted by atomic mass is 10.0. The van der Waals surface area contributed by atoms with Crippen molar-refractivity contribution in [3.05, 3.63) is 46.4 Å². The van der Waals surface area contributed by atoms with Crippen LogP contribution in [0.25, 0.3) is 11.1 Å². The molecule has 2 aromatic rings. The van der Waals surface area contributed by atoms with Crippen LogP contribution < -0.4 is 16.2 Å². The highest BCUT2D eigenvalue weighted by atomic mass is 16.6. The monoisotopic (exact) mass is 432 g/mol. The van der Waals surface area contributed by atoms with E-state index in [9.17, 15) is 24.3 Å². The first-order valence-corrected chi connectivity index (χ1v) is 9.25. The minimum absolute atomic E-state index is 0.139. The van der Waals surface area contributed by atoms with E-state index in [0.29, 0.717) is 11.3 Å². The van der Waals surface area contributed by atoms with Crippen LogP contribution in [0.5, 0.6) is 0 Å². The number of hydrogen-bond acceptors (Lipinski definition) is 7. The summed E-state index contributed by atoms with van der Waals surface area (Å²) in [6.07, 6.45) is -1.92. The van der Waals surface area contributed by atoms with E-state index in [2.05, 4.69) is 25.6 Å². The lowest BCUT2D eigenvalue weighted by molar-refractivity contribution is -0.137. The van der Waals surface area contributed by atoms with Crippen LogP contribution in [0.1, 0.15) is 38.9 Å². The van der Waals surface area contributed by atoms with E-state index in [1.54, 1.807) is 45.0 Å². The first-order valence-electron chi connectivity index (χ1n) is 9.25. The second-order valence-corrected chi connectivity index (χ2v) is 7.53. The average Bonchev–Trinajstić information content (AvgIpc) is 2.66. The Hall–Kier alpha value is -3.89. The summed E-state index contributed by atoms with van der Waals surface area (Å²) in [4.78, 5) is 47.0. The van der Waals surface area contributed by atoms with E-state index in [1.165, 1.54) is 13.2 Å². The Bertz CT molecular complexity index is 1010. The molecule has 0 saturated carbocycles. The smallest absolute Gasteiger partial charge is 0.411 e. The number of carbonyl (C=O) groups is 3. The molecule has 0 bridgehead atoms. The maximum atomic E-state index is 12.3. The number of carbonyl (C=O) groups excluding carboxylic acids is 2. The van der Waals surface area contributed by atoms with E-state index in [4.69, 9.17) is 4.74 Å². The van der Waals surface area contributed by atoms with Crippen molar-refractivity contribution in [2.75, 3.05) is 12.4 Å². The van der Waals surface area contributed by atoms with Crippen molar-refractivity contribution in [2.45, 2.75) is 38.8 Å². The molecular formula is C20H24N4O7. The van der Waals surface area contributed by atoms with Gasteiger partial charge in [-0.15, -0.1) is 0 Å². The predicted molar refractivity (Wildman–Crippen MR) is 111 cm³/mol. The van der Waals surface area contributed by atoms with E-state index in [0.717, 1.165) is 0 Å². The molecule has 0 aliphatic carbocycles. The lowest BCUT2D eigenvalue weighted by Gasteiger charge is -2.22. The largest absolute Gasteiger partial charge is 0.481 e. The molecule has 11 nitrogen and oxygen atoms in total. The highest BCUT2D eigenvalue weighted by molar-refractivity contribution is 5.85. The van der Waals surface area contributed by atoms with Gasteiger partial charge in [-0.2, -0.15) is 5.10 Å². The van der Waals surface area contributed by atoms with Crippen LogP contribution >= 0.6 is 0 Å². The Morgan fingerprint density at radius 1 is 1.16 bits per heavy atom. The highest BCUT2D eigenvalue weighted by Gasteiger charge is 2.24. The molecule has 0 saturated heterocycles.